The first kappa shape index (κ1) is 12.7. The molecule has 20 heavy (non-hydrogen) atoms. The third kappa shape index (κ3) is 2.83. The van der Waals surface area contributed by atoms with Crippen molar-refractivity contribution in [2.45, 2.75) is 18.9 Å². The van der Waals surface area contributed by atoms with Crippen LogP contribution >= 0.6 is 0 Å². The number of hydrogen-bond acceptors (Lipinski definition) is 7. The summed E-state index contributed by atoms with van der Waals surface area (Å²) in [6.45, 7) is 1.52. The Morgan fingerprint density at radius 1 is 1.15 bits per heavy atom. The van der Waals surface area contributed by atoms with E-state index < -0.39 is 0 Å². The Bertz CT molecular complexity index is 570. The number of rotatable bonds is 3. The van der Waals surface area contributed by atoms with E-state index in [-0.39, 0.29) is 0 Å². The third-order valence-electron chi connectivity index (χ3n) is 3.22. The van der Waals surface area contributed by atoms with Gasteiger partial charge in [0.05, 0.1) is 11.9 Å². The van der Waals surface area contributed by atoms with E-state index in [0.717, 1.165) is 31.6 Å². The van der Waals surface area contributed by atoms with Crippen molar-refractivity contribution in [2.75, 3.05) is 24.3 Å². The average Bonchev–Trinajstić information content (AvgIpc) is 2.51. The van der Waals surface area contributed by atoms with Gasteiger partial charge in [-0.2, -0.15) is 0 Å². The van der Waals surface area contributed by atoms with Crippen LogP contribution in [0.25, 0.3) is 11.3 Å². The molecule has 1 fully saturated rings. The van der Waals surface area contributed by atoms with E-state index in [2.05, 4.69) is 25.3 Å². The Balaban J connectivity index is 1.83. The lowest BCUT2D eigenvalue weighted by molar-refractivity contribution is 0.0904. The number of nitrogens with one attached hydrogen (secondary N) is 1. The van der Waals surface area contributed by atoms with Crippen LogP contribution in [0.2, 0.25) is 0 Å². The maximum atomic E-state index is 5.89. The lowest BCUT2D eigenvalue weighted by Gasteiger charge is -2.24. The molecule has 0 aromatic carbocycles. The van der Waals surface area contributed by atoms with Gasteiger partial charge in [-0.15, -0.1) is 0 Å². The molecule has 1 aliphatic heterocycles. The summed E-state index contributed by atoms with van der Waals surface area (Å²) in [5.41, 5.74) is 7.40. The molecule has 0 radical (unpaired) electrons. The molecule has 1 saturated heterocycles. The highest BCUT2D eigenvalue weighted by atomic mass is 16.5. The molecule has 0 atom stereocenters. The van der Waals surface area contributed by atoms with Crippen LogP contribution in [-0.4, -0.2) is 39.2 Å². The van der Waals surface area contributed by atoms with Crippen molar-refractivity contribution in [1.82, 2.24) is 19.9 Å². The van der Waals surface area contributed by atoms with Gasteiger partial charge in [0.1, 0.15) is 6.33 Å². The fraction of sp³-hybridized carbons (Fsp3) is 0.385. The topological polar surface area (TPSA) is 98.8 Å². The molecule has 3 N–H and O–H groups in total. The second-order valence-electron chi connectivity index (χ2n) is 4.65. The molecule has 104 valence electrons. The fourth-order valence-electron chi connectivity index (χ4n) is 2.11. The maximum absolute atomic E-state index is 5.89. The highest BCUT2D eigenvalue weighted by molar-refractivity contribution is 5.64. The summed E-state index contributed by atoms with van der Waals surface area (Å²) in [6.07, 6.45) is 8.40. The van der Waals surface area contributed by atoms with Crippen LogP contribution in [0.1, 0.15) is 12.8 Å². The minimum absolute atomic E-state index is 0.322. The van der Waals surface area contributed by atoms with Crippen molar-refractivity contribution in [2.24, 2.45) is 0 Å². The van der Waals surface area contributed by atoms with Crippen LogP contribution in [0.5, 0.6) is 0 Å². The van der Waals surface area contributed by atoms with E-state index >= 15 is 0 Å². The average molecular weight is 272 g/mol. The number of anilines is 2. The molecule has 7 nitrogen and oxygen atoms in total. The van der Waals surface area contributed by atoms with Crippen molar-refractivity contribution < 1.29 is 4.74 Å². The summed E-state index contributed by atoms with van der Waals surface area (Å²) in [5, 5.41) is 3.34. The van der Waals surface area contributed by atoms with Gasteiger partial charge in [0.15, 0.2) is 11.6 Å². The van der Waals surface area contributed by atoms with Gasteiger partial charge >= 0.3 is 0 Å². The predicted octanol–water partition coefficient (Wildman–Crippen LogP) is 1.11. The highest BCUT2D eigenvalue weighted by Crippen LogP contribution is 2.22. The Labute approximate surface area is 116 Å². The molecule has 0 unspecified atom stereocenters. The van der Waals surface area contributed by atoms with Crippen LogP contribution in [0.3, 0.4) is 0 Å². The summed E-state index contributed by atoms with van der Waals surface area (Å²) in [5.74, 6) is 1.01. The summed E-state index contributed by atoms with van der Waals surface area (Å²) in [6, 6.07) is 0.322. The zero-order valence-corrected chi connectivity index (χ0v) is 11.0. The third-order valence-corrected chi connectivity index (χ3v) is 3.22. The van der Waals surface area contributed by atoms with E-state index in [1.165, 1.54) is 6.33 Å². The standard InChI is InChI=1S/C13H16N6O/c14-12-13(18-10-1-3-20-4-2-10)19-11(7-17-12)9-5-15-8-16-6-9/h5-8,10H,1-4H2,(H2,14,17)(H,18,19). The van der Waals surface area contributed by atoms with Gasteiger partial charge in [0.2, 0.25) is 0 Å². The number of nitrogens with zero attached hydrogens (tertiary/aromatic N) is 4. The van der Waals surface area contributed by atoms with Crippen LogP contribution in [0.4, 0.5) is 11.6 Å². The number of nitrogens with two attached hydrogens (primary N) is 1. The van der Waals surface area contributed by atoms with E-state index in [9.17, 15) is 0 Å². The second kappa shape index (κ2) is 5.79. The van der Waals surface area contributed by atoms with Crippen LogP contribution in [-0.2, 0) is 4.74 Å². The van der Waals surface area contributed by atoms with Crippen LogP contribution < -0.4 is 11.1 Å². The minimum Gasteiger partial charge on any atom is -0.381 e. The maximum Gasteiger partial charge on any atom is 0.169 e. The Morgan fingerprint density at radius 3 is 2.65 bits per heavy atom. The van der Waals surface area contributed by atoms with Crippen molar-refractivity contribution >= 4 is 11.6 Å². The van der Waals surface area contributed by atoms with E-state index in [1.807, 2.05) is 0 Å². The first-order chi connectivity index (χ1) is 9.83. The molecule has 0 bridgehead atoms. The van der Waals surface area contributed by atoms with Gasteiger partial charge in [-0.3, -0.25) is 0 Å². The molecule has 2 aromatic heterocycles. The molecule has 0 spiro atoms. The molecule has 0 saturated carbocycles. The molecule has 2 aromatic rings. The number of nitrogen functional groups attached to an aromatic ring is 1. The van der Waals surface area contributed by atoms with Gasteiger partial charge in [-0.05, 0) is 12.8 Å². The zero-order valence-electron chi connectivity index (χ0n) is 11.0. The number of ether oxygens (including phenoxy) is 1. The van der Waals surface area contributed by atoms with E-state index in [1.54, 1.807) is 18.6 Å². The molecule has 0 aliphatic carbocycles. The zero-order chi connectivity index (χ0) is 13.8. The van der Waals surface area contributed by atoms with Gasteiger partial charge in [-0.1, -0.05) is 0 Å². The summed E-state index contributed by atoms with van der Waals surface area (Å²) < 4.78 is 5.34. The minimum atomic E-state index is 0.322. The molecular weight excluding hydrogens is 256 g/mol. The molecule has 3 rings (SSSR count). The number of hydrogen-bond donors (Lipinski definition) is 2. The fourth-order valence-corrected chi connectivity index (χ4v) is 2.11. The lowest BCUT2D eigenvalue weighted by atomic mass is 10.1. The highest BCUT2D eigenvalue weighted by Gasteiger charge is 2.16. The van der Waals surface area contributed by atoms with Crippen molar-refractivity contribution in [3.05, 3.63) is 24.9 Å². The Kier molecular flexibility index (Phi) is 3.69. The quantitative estimate of drug-likeness (QED) is 0.863. The van der Waals surface area contributed by atoms with Gasteiger partial charge in [0, 0.05) is 37.2 Å². The van der Waals surface area contributed by atoms with Gasteiger partial charge in [0.25, 0.3) is 0 Å². The summed E-state index contributed by atoms with van der Waals surface area (Å²) in [7, 11) is 0. The van der Waals surface area contributed by atoms with E-state index in [4.69, 9.17) is 10.5 Å². The molecule has 7 heteroatoms. The Hall–Kier alpha value is -2.28. The number of aromatic nitrogens is 4. The molecule has 3 heterocycles. The lowest BCUT2D eigenvalue weighted by Crippen LogP contribution is -2.28. The van der Waals surface area contributed by atoms with Crippen molar-refractivity contribution in [1.29, 1.82) is 0 Å². The molecule has 1 aliphatic rings. The van der Waals surface area contributed by atoms with Crippen LogP contribution in [0, 0.1) is 0 Å². The second-order valence-corrected chi connectivity index (χ2v) is 4.65. The van der Waals surface area contributed by atoms with Crippen LogP contribution in [0.15, 0.2) is 24.9 Å². The van der Waals surface area contributed by atoms with Gasteiger partial charge < -0.3 is 15.8 Å². The normalized spacial score (nSPS) is 16.0. The van der Waals surface area contributed by atoms with Crippen molar-refractivity contribution in [3.8, 4) is 11.3 Å². The molecule has 0 amide bonds. The van der Waals surface area contributed by atoms with Gasteiger partial charge in [-0.25, -0.2) is 19.9 Å². The monoisotopic (exact) mass is 272 g/mol. The van der Waals surface area contributed by atoms with E-state index in [0.29, 0.717) is 23.4 Å². The smallest absolute Gasteiger partial charge is 0.169 e. The summed E-state index contributed by atoms with van der Waals surface area (Å²) in [4.78, 5) is 16.7. The first-order valence-electron chi connectivity index (χ1n) is 6.55. The summed E-state index contributed by atoms with van der Waals surface area (Å²) >= 11 is 0. The molecular formula is C13H16N6O. The van der Waals surface area contributed by atoms with Crippen molar-refractivity contribution in [3.63, 3.8) is 0 Å². The Morgan fingerprint density at radius 2 is 1.90 bits per heavy atom. The largest absolute Gasteiger partial charge is 0.381 e. The predicted molar refractivity (Wildman–Crippen MR) is 74.9 cm³/mol. The SMILES string of the molecule is Nc1ncc(-c2cncnc2)nc1NC1CCOCC1. The first-order valence-corrected chi connectivity index (χ1v) is 6.55.